The standard InChI is InChI=1S/C8H17NO3/c1-7(2)6-12-4-3-9-5-8(10)11/h7,9H,3-6H2,1-2H3,(H,10,11). The van der Waals surface area contributed by atoms with Crippen LogP contribution in [-0.4, -0.2) is 37.4 Å². The maximum atomic E-state index is 10.0. The largest absolute Gasteiger partial charge is 0.480 e. The van der Waals surface area contributed by atoms with Crippen LogP contribution in [0.4, 0.5) is 0 Å². The molecule has 0 amide bonds. The first-order valence-corrected chi connectivity index (χ1v) is 4.13. The van der Waals surface area contributed by atoms with Gasteiger partial charge >= 0.3 is 5.97 Å². The number of carboxylic acid groups (broad SMARTS) is 1. The molecule has 0 heterocycles. The van der Waals surface area contributed by atoms with E-state index < -0.39 is 5.97 Å². The number of hydrogen-bond donors (Lipinski definition) is 2. The SMILES string of the molecule is CC(C)COCCNCC(=O)O. The number of carboxylic acids is 1. The van der Waals surface area contributed by atoms with Crippen molar-refractivity contribution in [3.8, 4) is 0 Å². The maximum absolute atomic E-state index is 10.0. The van der Waals surface area contributed by atoms with Crippen LogP contribution in [0.2, 0.25) is 0 Å². The van der Waals surface area contributed by atoms with E-state index in [2.05, 4.69) is 19.2 Å². The van der Waals surface area contributed by atoms with Gasteiger partial charge in [-0.05, 0) is 5.92 Å². The minimum atomic E-state index is -0.834. The average molecular weight is 175 g/mol. The molecule has 0 aromatic heterocycles. The van der Waals surface area contributed by atoms with Gasteiger partial charge in [0.25, 0.3) is 0 Å². The Hall–Kier alpha value is -0.610. The van der Waals surface area contributed by atoms with E-state index in [9.17, 15) is 4.79 Å². The van der Waals surface area contributed by atoms with Crippen LogP contribution in [0.1, 0.15) is 13.8 Å². The average Bonchev–Trinajstić information content (AvgIpc) is 1.95. The van der Waals surface area contributed by atoms with Crippen molar-refractivity contribution in [2.75, 3.05) is 26.3 Å². The molecule has 0 rings (SSSR count). The van der Waals surface area contributed by atoms with E-state index in [0.29, 0.717) is 19.1 Å². The van der Waals surface area contributed by atoms with E-state index in [1.807, 2.05) is 0 Å². The van der Waals surface area contributed by atoms with Crippen LogP contribution in [0.3, 0.4) is 0 Å². The smallest absolute Gasteiger partial charge is 0.317 e. The summed E-state index contributed by atoms with van der Waals surface area (Å²) in [5, 5.41) is 11.0. The lowest BCUT2D eigenvalue weighted by Crippen LogP contribution is -2.26. The Morgan fingerprint density at radius 2 is 2.25 bits per heavy atom. The molecule has 4 nitrogen and oxygen atoms in total. The predicted octanol–water partition coefficient (Wildman–Crippen LogP) is 0.333. The van der Waals surface area contributed by atoms with Crippen molar-refractivity contribution in [2.24, 2.45) is 5.92 Å². The number of carbonyl (C=O) groups is 1. The molecule has 0 unspecified atom stereocenters. The van der Waals surface area contributed by atoms with Crippen molar-refractivity contribution in [3.63, 3.8) is 0 Å². The minimum absolute atomic E-state index is 0.00500. The summed E-state index contributed by atoms with van der Waals surface area (Å²) in [6.45, 7) is 6.06. The molecule has 0 aromatic rings. The first-order chi connectivity index (χ1) is 5.63. The van der Waals surface area contributed by atoms with Crippen molar-refractivity contribution in [3.05, 3.63) is 0 Å². The molecule has 0 saturated heterocycles. The molecular formula is C8H17NO3. The van der Waals surface area contributed by atoms with E-state index in [4.69, 9.17) is 9.84 Å². The van der Waals surface area contributed by atoms with Gasteiger partial charge in [-0.1, -0.05) is 13.8 Å². The van der Waals surface area contributed by atoms with Crippen molar-refractivity contribution in [2.45, 2.75) is 13.8 Å². The normalized spacial score (nSPS) is 10.6. The Morgan fingerprint density at radius 3 is 2.75 bits per heavy atom. The molecule has 0 aromatic carbocycles. The van der Waals surface area contributed by atoms with E-state index in [1.165, 1.54) is 0 Å². The second kappa shape index (κ2) is 7.06. The summed E-state index contributed by atoms with van der Waals surface area (Å²) < 4.78 is 5.22. The van der Waals surface area contributed by atoms with Crippen LogP contribution in [0.5, 0.6) is 0 Å². The number of rotatable bonds is 7. The van der Waals surface area contributed by atoms with Gasteiger partial charge in [-0.3, -0.25) is 4.79 Å². The van der Waals surface area contributed by atoms with Crippen molar-refractivity contribution >= 4 is 5.97 Å². The van der Waals surface area contributed by atoms with E-state index in [0.717, 1.165) is 6.61 Å². The zero-order valence-electron chi connectivity index (χ0n) is 7.67. The highest BCUT2D eigenvalue weighted by atomic mass is 16.5. The summed E-state index contributed by atoms with van der Waals surface area (Å²) >= 11 is 0. The Bertz CT molecular complexity index is 125. The monoisotopic (exact) mass is 175 g/mol. The van der Waals surface area contributed by atoms with Gasteiger partial charge in [0, 0.05) is 13.2 Å². The topological polar surface area (TPSA) is 58.6 Å². The Balaban J connectivity index is 2.96. The second-order valence-electron chi connectivity index (χ2n) is 3.04. The highest BCUT2D eigenvalue weighted by molar-refractivity contribution is 5.68. The van der Waals surface area contributed by atoms with Gasteiger partial charge in [-0.15, -0.1) is 0 Å². The fourth-order valence-electron chi connectivity index (χ4n) is 0.659. The first kappa shape index (κ1) is 11.4. The van der Waals surface area contributed by atoms with Crippen LogP contribution in [0.25, 0.3) is 0 Å². The molecule has 0 bridgehead atoms. The number of ether oxygens (including phenoxy) is 1. The lowest BCUT2D eigenvalue weighted by atomic mass is 10.2. The molecule has 0 aliphatic rings. The molecular weight excluding hydrogens is 158 g/mol. The third-order valence-corrected chi connectivity index (χ3v) is 1.15. The molecule has 4 heteroatoms. The summed E-state index contributed by atoms with van der Waals surface area (Å²) in [5.74, 6) is -0.302. The van der Waals surface area contributed by atoms with E-state index in [-0.39, 0.29) is 6.54 Å². The van der Waals surface area contributed by atoms with Crippen molar-refractivity contribution in [1.82, 2.24) is 5.32 Å². The van der Waals surface area contributed by atoms with Gasteiger partial charge in [0.15, 0.2) is 0 Å². The summed E-state index contributed by atoms with van der Waals surface area (Å²) in [4.78, 5) is 10.0. The third-order valence-electron chi connectivity index (χ3n) is 1.15. The fourth-order valence-corrected chi connectivity index (χ4v) is 0.659. The maximum Gasteiger partial charge on any atom is 0.317 e. The fraction of sp³-hybridized carbons (Fsp3) is 0.875. The van der Waals surface area contributed by atoms with Gasteiger partial charge in [-0.25, -0.2) is 0 Å². The Labute approximate surface area is 72.9 Å². The second-order valence-corrected chi connectivity index (χ2v) is 3.04. The van der Waals surface area contributed by atoms with Gasteiger partial charge in [0.05, 0.1) is 13.2 Å². The third kappa shape index (κ3) is 9.39. The molecule has 2 N–H and O–H groups in total. The lowest BCUT2D eigenvalue weighted by molar-refractivity contribution is -0.136. The number of nitrogens with one attached hydrogen (secondary N) is 1. The predicted molar refractivity (Wildman–Crippen MR) is 46.2 cm³/mol. The zero-order chi connectivity index (χ0) is 9.40. The molecule has 0 radical (unpaired) electrons. The van der Waals surface area contributed by atoms with Gasteiger partial charge in [0.2, 0.25) is 0 Å². The summed E-state index contributed by atoms with van der Waals surface area (Å²) in [5.41, 5.74) is 0. The van der Waals surface area contributed by atoms with Gasteiger partial charge < -0.3 is 15.2 Å². The van der Waals surface area contributed by atoms with Crippen molar-refractivity contribution in [1.29, 1.82) is 0 Å². The molecule has 0 spiro atoms. The van der Waals surface area contributed by atoms with E-state index in [1.54, 1.807) is 0 Å². The van der Waals surface area contributed by atoms with Crippen molar-refractivity contribution < 1.29 is 14.6 Å². The first-order valence-electron chi connectivity index (χ1n) is 4.13. The summed E-state index contributed by atoms with van der Waals surface area (Å²) in [6.07, 6.45) is 0. The van der Waals surface area contributed by atoms with Gasteiger partial charge in [0.1, 0.15) is 0 Å². The number of aliphatic carboxylic acids is 1. The molecule has 0 atom stereocenters. The highest BCUT2D eigenvalue weighted by Crippen LogP contribution is 1.90. The molecule has 12 heavy (non-hydrogen) atoms. The van der Waals surface area contributed by atoms with Crippen LogP contribution in [0, 0.1) is 5.92 Å². The van der Waals surface area contributed by atoms with Gasteiger partial charge in [-0.2, -0.15) is 0 Å². The van der Waals surface area contributed by atoms with Crippen LogP contribution in [0.15, 0.2) is 0 Å². The quantitative estimate of drug-likeness (QED) is 0.547. The number of hydrogen-bond acceptors (Lipinski definition) is 3. The lowest BCUT2D eigenvalue weighted by Gasteiger charge is -2.06. The zero-order valence-corrected chi connectivity index (χ0v) is 7.67. The van der Waals surface area contributed by atoms with Crippen LogP contribution in [-0.2, 0) is 9.53 Å². The Morgan fingerprint density at radius 1 is 1.58 bits per heavy atom. The molecule has 0 aliphatic carbocycles. The molecule has 72 valence electrons. The Kier molecular flexibility index (Phi) is 6.70. The summed E-state index contributed by atoms with van der Waals surface area (Å²) in [6, 6.07) is 0. The molecule has 0 fully saturated rings. The molecule has 0 saturated carbocycles. The highest BCUT2D eigenvalue weighted by Gasteiger charge is 1.95. The minimum Gasteiger partial charge on any atom is -0.480 e. The molecule has 0 aliphatic heterocycles. The van der Waals surface area contributed by atoms with Crippen LogP contribution < -0.4 is 5.32 Å². The van der Waals surface area contributed by atoms with Crippen LogP contribution >= 0.6 is 0 Å². The summed E-state index contributed by atoms with van der Waals surface area (Å²) in [7, 11) is 0. The van der Waals surface area contributed by atoms with E-state index >= 15 is 0 Å².